The molecule has 1 aliphatic carbocycles. The van der Waals surface area contributed by atoms with Crippen molar-refractivity contribution in [3.05, 3.63) is 70.3 Å². The zero-order chi connectivity index (χ0) is 23.7. The molecule has 0 bridgehead atoms. The number of Topliss-reactive ketones (excluding diaryl/α,β-unsaturated/α-hetero) is 1. The first kappa shape index (κ1) is 23.1. The second-order valence-corrected chi connectivity index (χ2v) is 9.39. The van der Waals surface area contributed by atoms with Crippen molar-refractivity contribution < 1.29 is 19.4 Å². The number of aliphatic hydroxyl groups is 1. The first-order valence-electron chi connectivity index (χ1n) is 12.0. The van der Waals surface area contributed by atoms with Crippen LogP contribution < -0.4 is 4.74 Å². The predicted octanol–water partition coefficient (Wildman–Crippen LogP) is 5.71. The van der Waals surface area contributed by atoms with Crippen LogP contribution >= 0.6 is 0 Å². The molecule has 1 N–H and O–H groups in total. The van der Waals surface area contributed by atoms with Crippen molar-refractivity contribution in [3.63, 3.8) is 0 Å². The van der Waals surface area contributed by atoms with E-state index in [-0.39, 0.29) is 23.5 Å². The lowest BCUT2D eigenvalue weighted by Crippen LogP contribution is -2.37. The number of ether oxygens (including phenoxy) is 1. The molecule has 0 radical (unpaired) electrons. The van der Waals surface area contributed by atoms with E-state index in [0.717, 1.165) is 49.0 Å². The lowest BCUT2D eigenvalue weighted by molar-refractivity contribution is -0.141. The lowest BCUT2D eigenvalue weighted by atomic mass is 9.93. The van der Waals surface area contributed by atoms with Gasteiger partial charge in [0.05, 0.1) is 17.7 Å². The van der Waals surface area contributed by atoms with Crippen LogP contribution in [0.3, 0.4) is 0 Å². The van der Waals surface area contributed by atoms with Crippen molar-refractivity contribution >= 4 is 17.4 Å². The Balaban J connectivity index is 1.82. The average Bonchev–Trinajstić information content (AvgIpc) is 3.41. The number of benzene rings is 2. The van der Waals surface area contributed by atoms with Crippen molar-refractivity contribution in [2.75, 3.05) is 0 Å². The third-order valence-electron chi connectivity index (χ3n) is 6.71. The van der Waals surface area contributed by atoms with Gasteiger partial charge in [0.2, 0.25) is 0 Å². The zero-order valence-electron chi connectivity index (χ0n) is 19.9. The van der Waals surface area contributed by atoms with Gasteiger partial charge in [0.25, 0.3) is 11.7 Å². The van der Waals surface area contributed by atoms with Crippen LogP contribution in [0, 0.1) is 6.92 Å². The molecular formula is C28H33NO4. The van der Waals surface area contributed by atoms with Gasteiger partial charge in [-0.3, -0.25) is 9.59 Å². The third kappa shape index (κ3) is 4.41. The van der Waals surface area contributed by atoms with E-state index in [2.05, 4.69) is 6.92 Å². The van der Waals surface area contributed by atoms with E-state index < -0.39 is 17.7 Å². The molecule has 1 atom stereocenters. The minimum absolute atomic E-state index is 0.0196. The van der Waals surface area contributed by atoms with Crippen LogP contribution in [0.2, 0.25) is 0 Å². The highest BCUT2D eigenvalue weighted by molar-refractivity contribution is 6.46. The molecule has 1 unspecified atom stereocenters. The summed E-state index contributed by atoms with van der Waals surface area (Å²) < 4.78 is 5.81. The maximum absolute atomic E-state index is 13.3. The minimum atomic E-state index is -0.607. The molecule has 2 fully saturated rings. The lowest BCUT2D eigenvalue weighted by Gasteiger charge is -2.31. The Bertz CT molecular complexity index is 1080. The summed E-state index contributed by atoms with van der Waals surface area (Å²) in [6, 6.07) is 12.8. The summed E-state index contributed by atoms with van der Waals surface area (Å²) in [6.45, 7) is 7.92. The summed E-state index contributed by atoms with van der Waals surface area (Å²) in [6.07, 6.45) is 4.81. The van der Waals surface area contributed by atoms with Crippen LogP contribution in [0.1, 0.15) is 74.8 Å². The molecule has 2 aliphatic rings. The van der Waals surface area contributed by atoms with Crippen LogP contribution in [-0.2, 0) is 16.0 Å². The fraction of sp³-hybridized carbons (Fsp3) is 0.429. The molecule has 1 saturated heterocycles. The van der Waals surface area contributed by atoms with Gasteiger partial charge in [-0.05, 0) is 74.9 Å². The van der Waals surface area contributed by atoms with Gasteiger partial charge < -0.3 is 14.7 Å². The van der Waals surface area contributed by atoms with Crippen LogP contribution in [0.15, 0.2) is 48.0 Å². The van der Waals surface area contributed by atoms with E-state index in [1.165, 1.54) is 5.56 Å². The van der Waals surface area contributed by atoms with Crippen LogP contribution in [-0.4, -0.2) is 33.8 Å². The number of amides is 1. The number of carbonyl (C=O) groups excluding carboxylic acids is 2. The summed E-state index contributed by atoms with van der Waals surface area (Å²) in [5.74, 6) is -0.508. The van der Waals surface area contributed by atoms with Crippen molar-refractivity contribution in [2.24, 2.45) is 0 Å². The van der Waals surface area contributed by atoms with E-state index in [9.17, 15) is 14.7 Å². The molecule has 5 heteroatoms. The normalized spacial score (nSPS) is 20.8. The van der Waals surface area contributed by atoms with Gasteiger partial charge in [-0.25, -0.2) is 0 Å². The van der Waals surface area contributed by atoms with E-state index in [1.54, 1.807) is 11.0 Å². The fourth-order valence-corrected chi connectivity index (χ4v) is 5.01. The number of aryl methyl sites for hydroxylation is 2. The Morgan fingerprint density at radius 3 is 2.33 bits per heavy atom. The molecule has 2 aromatic carbocycles. The van der Waals surface area contributed by atoms with E-state index >= 15 is 0 Å². The second kappa shape index (κ2) is 9.42. The first-order valence-corrected chi connectivity index (χ1v) is 12.0. The standard InChI is InChI=1S/C28H33NO4/c1-5-19-10-12-20(13-11-19)25-24(27(31)28(32)29(25)22-8-6-7-9-22)26(30)21-14-15-23(18(4)16-21)33-17(2)3/h10-17,22,25,30H,5-9H2,1-4H3/b26-24-. The van der Waals surface area contributed by atoms with Crippen LogP contribution in [0.5, 0.6) is 5.75 Å². The molecule has 0 aromatic heterocycles. The highest BCUT2D eigenvalue weighted by Gasteiger charge is 2.49. The van der Waals surface area contributed by atoms with Crippen molar-refractivity contribution in [3.8, 4) is 5.75 Å². The predicted molar refractivity (Wildman–Crippen MR) is 129 cm³/mol. The molecule has 33 heavy (non-hydrogen) atoms. The van der Waals surface area contributed by atoms with Crippen molar-refractivity contribution in [1.82, 2.24) is 4.90 Å². The van der Waals surface area contributed by atoms with Crippen molar-refractivity contribution in [2.45, 2.75) is 78.0 Å². The Hall–Kier alpha value is -3.08. The topological polar surface area (TPSA) is 66.8 Å². The summed E-state index contributed by atoms with van der Waals surface area (Å²) >= 11 is 0. The van der Waals surface area contributed by atoms with E-state index in [0.29, 0.717) is 5.56 Å². The smallest absolute Gasteiger partial charge is 0.295 e. The number of aliphatic hydroxyl groups excluding tert-OH is 1. The van der Waals surface area contributed by atoms with E-state index in [1.807, 2.05) is 57.2 Å². The Labute approximate surface area is 196 Å². The second-order valence-electron chi connectivity index (χ2n) is 9.39. The number of likely N-dealkylation sites (tertiary alicyclic amines) is 1. The molecule has 2 aromatic rings. The van der Waals surface area contributed by atoms with Gasteiger partial charge >= 0.3 is 0 Å². The third-order valence-corrected chi connectivity index (χ3v) is 6.71. The largest absolute Gasteiger partial charge is 0.507 e. The summed E-state index contributed by atoms with van der Waals surface area (Å²) in [7, 11) is 0. The number of nitrogens with zero attached hydrogens (tertiary/aromatic N) is 1. The highest BCUT2D eigenvalue weighted by Crippen LogP contribution is 2.43. The maximum atomic E-state index is 13.3. The number of ketones is 1. The molecule has 0 spiro atoms. The number of rotatable bonds is 6. The number of hydrogen-bond donors (Lipinski definition) is 1. The molecule has 5 nitrogen and oxygen atoms in total. The molecule has 4 rings (SSSR count). The van der Waals surface area contributed by atoms with Gasteiger partial charge in [-0.1, -0.05) is 44.0 Å². The monoisotopic (exact) mass is 447 g/mol. The maximum Gasteiger partial charge on any atom is 0.295 e. The van der Waals surface area contributed by atoms with Crippen LogP contribution in [0.25, 0.3) is 5.76 Å². The first-order chi connectivity index (χ1) is 15.8. The SMILES string of the molecule is CCc1ccc(C2/C(=C(/O)c3ccc(OC(C)C)c(C)c3)C(=O)C(=O)N2C2CCCC2)cc1. The molecule has 1 heterocycles. The number of hydrogen-bond acceptors (Lipinski definition) is 4. The summed E-state index contributed by atoms with van der Waals surface area (Å²) in [4.78, 5) is 28.2. The van der Waals surface area contributed by atoms with Gasteiger partial charge in [0.15, 0.2) is 0 Å². The van der Waals surface area contributed by atoms with Crippen molar-refractivity contribution in [1.29, 1.82) is 0 Å². The van der Waals surface area contributed by atoms with E-state index in [4.69, 9.17) is 4.74 Å². The Morgan fingerprint density at radius 1 is 1.09 bits per heavy atom. The summed E-state index contributed by atoms with van der Waals surface area (Å²) in [5, 5.41) is 11.3. The molecule has 174 valence electrons. The minimum Gasteiger partial charge on any atom is -0.507 e. The number of carbonyl (C=O) groups is 2. The Morgan fingerprint density at radius 2 is 1.76 bits per heavy atom. The highest BCUT2D eigenvalue weighted by atomic mass is 16.5. The Kier molecular flexibility index (Phi) is 6.59. The zero-order valence-corrected chi connectivity index (χ0v) is 19.9. The molecule has 1 amide bonds. The van der Waals surface area contributed by atoms with Gasteiger partial charge in [0.1, 0.15) is 11.5 Å². The quantitative estimate of drug-likeness (QED) is 0.350. The summed E-state index contributed by atoms with van der Waals surface area (Å²) in [5.41, 5.74) is 3.60. The average molecular weight is 448 g/mol. The fourth-order valence-electron chi connectivity index (χ4n) is 5.01. The van der Waals surface area contributed by atoms with Crippen LogP contribution in [0.4, 0.5) is 0 Å². The molecule has 1 aliphatic heterocycles. The van der Waals surface area contributed by atoms with Gasteiger partial charge in [-0.2, -0.15) is 0 Å². The van der Waals surface area contributed by atoms with Gasteiger partial charge in [-0.15, -0.1) is 0 Å². The molecular weight excluding hydrogens is 414 g/mol. The molecule has 1 saturated carbocycles. The van der Waals surface area contributed by atoms with Gasteiger partial charge in [0, 0.05) is 11.6 Å².